The zero-order valence-electron chi connectivity index (χ0n) is 20.5. The van der Waals surface area contributed by atoms with Gasteiger partial charge in [-0.15, -0.1) is 0 Å². The highest BCUT2D eigenvalue weighted by Gasteiger charge is 2.67. The number of ether oxygens (including phenoxy) is 2. The van der Waals surface area contributed by atoms with Crippen LogP contribution in [0.3, 0.4) is 0 Å². The van der Waals surface area contributed by atoms with Gasteiger partial charge in [0, 0.05) is 29.0 Å². The van der Waals surface area contributed by atoms with Gasteiger partial charge >= 0.3 is 11.9 Å². The van der Waals surface area contributed by atoms with Gasteiger partial charge < -0.3 is 14.6 Å². The second-order valence-electron chi connectivity index (χ2n) is 11.8. The molecule has 1 aromatic carbocycles. The van der Waals surface area contributed by atoms with Crippen LogP contribution in [0.15, 0.2) is 30.3 Å². The van der Waals surface area contributed by atoms with Crippen LogP contribution in [0, 0.1) is 28.6 Å². The van der Waals surface area contributed by atoms with Crippen LogP contribution in [0.1, 0.15) is 82.5 Å². The molecule has 4 aliphatic carbocycles. The Morgan fingerprint density at radius 2 is 1.74 bits per heavy atom. The lowest BCUT2D eigenvalue weighted by molar-refractivity contribution is -0.220. The van der Waals surface area contributed by atoms with Gasteiger partial charge in [-0.05, 0) is 74.8 Å². The summed E-state index contributed by atoms with van der Waals surface area (Å²) in [5.74, 6) is 0.895. The van der Waals surface area contributed by atoms with E-state index < -0.39 is 5.60 Å². The number of carbonyl (C=O) groups excluding carboxylic acids is 2. The highest BCUT2D eigenvalue weighted by Crippen LogP contribution is 2.68. The first-order valence-corrected chi connectivity index (χ1v) is 13.8. The molecule has 0 aromatic heterocycles. The minimum absolute atomic E-state index is 0.0287. The van der Waals surface area contributed by atoms with Gasteiger partial charge in [0.05, 0.1) is 11.2 Å². The maximum atomic E-state index is 12.8. The molecule has 186 valence electrons. The molecular weight excluding hydrogens is 496 g/mol. The second-order valence-corrected chi connectivity index (χ2v) is 12.9. The quantitative estimate of drug-likeness (QED) is 0.400. The first-order chi connectivity index (χ1) is 16.1. The zero-order valence-corrected chi connectivity index (χ0v) is 22.1. The topological polar surface area (TPSA) is 72.8 Å². The van der Waals surface area contributed by atoms with E-state index >= 15 is 0 Å². The smallest absolute Gasteiger partial charge is 0.338 e. The summed E-state index contributed by atoms with van der Waals surface area (Å²) in [5, 5.41) is 12.0. The van der Waals surface area contributed by atoms with Crippen LogP contribution in [-0.2, 0) is 14.3 Å². The fraction of sp³-hybridized carbons (Fsp3) is 0.714. The Morgan fingerprint density at radius 1 is 1.00 bits per heavy atom. The van der Waals surface area contributed by atoms with Crippen molar-refractivity contribution in [2.24, 2.45) is 28.6 Å². The Morgan fingerprint density at radius 3 is 2.44 bits per heavy atom. The number of aliphatic hydroxyl groups is 1. The van der Waals surface area contributed by atoms with Crippen LogP contribution >= 0.6 is 15.9 Å². The fourth-order valence-corrected chi connectivity index (χ4v) is 9.59. The van der Waals surface area contributed by atoms with Gasteiger partial charge in [0.15, 0.2) is 0 Å². The number of benzene rings is 1. The third-order valence-electron chi connectivity index (χ3n) is 10.3. The van der Waals surface area contributed by atoms with Gasteiger partial charge in [-0.3, -0.25) is 4.79 Å². The van der Waals surface area contributed by atoms with Crippen LogP contribution in [0.25, 0.3) is 0 Å². The van der Waals surface area contributed by atoms with Crippen LogP contribution in [-0.4, -0.2) is 39.7 Å². The van der Waals surface area contributed by atoms with Crippen molar-refractivity contribution in [3.8, 4) is 0 Å². The molecule has 0 heterocycles. The van der Waals surface area contributed by atoms with Crippen LogP contribution in [0.4, 0.5) is 0 Å². The Labute approximate surface area is 211 Å². The van der Waals surface area contributed by atoms with Gasteiger partial charge in [0.1, 0.15) is 12.2 Å². The molecule has 1 N–H and O–H groups in total. The highest BCUT2D eigenvalue weighted by atomic mass is 79.9. The molecule has 1 aromatic rings. The number of alkyl halides is 1. The van der Waals surface area contributed by atoms with Crippen molar-refractivity contribution >= 4 is 27.9 Å². The summed E-state index contributed by atoms with van der Waals surface area (Å²) in [6.07, 6.45) is 6.82. The van der Waals surface area contributed by atoms with E-state index in [0.717, 1.165) is 44.9 Å². The number of halogens is 1. The predicted molar refractivity (Wildman–Crippen MR) is 132 cm³/mol. The fourth-order valence-electron chi connectivity index (χ4n) is 8.45. The van der Waals surface area contributed by atoms with Gasteiger partial charge in [-0.1, -0.05) is 48.0 Å². The number of hydrogen-bond donors (Lipinski definition) is 1. The molecule has 4 saturated carbocycles. The largest absolute Gasteiger partial charge is 0.462 e. The van der Waals surface area contributed by atoms with Crippen molar-refractivity contribution in [1.82, 2.24) is 0 Å². The van der Waals surface area contributed by atoms with E-state index in [1.807, 2.05) is 30.3 Å². The van der Waals surface area contributed by atoms with Crippen molar-refractivity contribution < 1.29 is 24.2 Å². The summed E-state index contributed by atoms with van der Waals surface area (Å²) in [4.78, 5) is 24.4. The minimum Gasteiger partial charge on any atom is -0.462 e. The van der Waals surface area contributed by atoms with E-state index in [1.165, 1.54) is 6.92 Å². The molecule has 34 heavy (non-hydrogen) atoms. The summed E-state index contributed by atoms with van der Waals surface area (Å²) >= 11 is 3.90. The lowest BCUT2D eigenvalue weighted by Gasteiger charge is -2.65. The molecular formula is C28H37BrO5. The Bertz CT molecular complexity index is 951. The maximum absolute atomic E-state index is 12.8. The number of esters is 2. The first-order valence-electron chi connectivity index (χ1n) is 12.9. The average molecular weight is 534 g/mol. The molecule has 0 aliphatic heterocycles. The minimum atomic E-state index is -0.891. The van der Waals surface area contributed by atoms with E-state index in [9.17, 15) is 14.7 Å². The van der Waals surface area contributed by atoms with Crippen molar-refractivity contribution in [2.45, 2.75) is 94.8 Å². The third-order valence-corrected chi connectivity index (χ3v) is 11.4. The lowest BCUT2D eigenvalue weighted by atomic mass is 9.43. The summed E-state index contributed by atoms with van der Waals surface area (Å²) in [6.45, 7) is 6.05. The Balaban J connectivity index is 1.36. The molecule has 0 radical (unpaired) electrons. The van der Waals surface area contributed by atoms with E-state index in [2.05, 4.69) is 29.8 Å². The molecule has 5 rings (SSSR count). The van der Waals surface area contributed by atoms with Gasteiger partial charge in [-0.2, -0.15) is 0 Å². The molecule has 4 aliphatic rings. The molecule has 0 saturated heterocycles. The summed E-state index contributed by atoms with van der Waals surface area (Å²) in [7, 11) is 0. The van der Waals surface area contributed by atoms with Crippen LogP contribution in [0.2, 0.25) is 0 Å². The third kappa shape index (κ3) is 3.66. The molecule has 0 spiro atoms. The Hall–Kier alpha value is -1.40. The van der Waals surface area contributed by atoms with Crippen molar-refractivity contribution in [2.75, 3.05) is 0 Å². The zero-order chi connectivity index (χ0) is 24.3. The number of rotatable bonds is 3. The number of carbonyl (C=O) groups is 2. The highest BCUT2D eigenvalue weighted by molar-refractivity contribution is 9.09. The van der Waals surface area contributed by atoms with Gasteiger partial charge in [-0.25, -0.2) is 4.79 Å². The molecule has 9 atom stereocenters. The van der Waals surface area contributed by atoms with Crippen molar-refractivity contribution in [1.29, 1.82) is 0 Å². The normalized spacial score (nSPS) is 45.4. The first kappa shape index (κ1) is 24.3. The molecule has 4 fully saturated rings. The molecule has 0 amide bonds. The van der Waals surface area contributed by atoms with E-state index in [4.69, 9.17) is 9.47 Å². The van der Waals surface area contributed by atoms with Gasteiger partial charge in [0.2, 0.25) is 0 Å². The van der Waals surface area contributed by atoms with Crippen LogP contribution in [0.5, 0.6) is 0 Å². The standard InChI is InChI=1S/C28H37BrO5/c1-17(30)33-19-11-14-27(3)22-12-13-26(2)21(20(22)15-23(29)28(27,32)16-19)9-10-24(26)34-25(31)18-7-5-4-6-8-18/h4-8,19-24,32H,9-16H2,1-3H3/t19-,20-,21+,22+,23-,24-,26+,27-,28-/m0/s1. The van der Waals surface area contributed by atoms with E-state index in [0.29, 0.717) is 29.7 Å². The summed E-state index contributed by atoms with van der Waals surface area (Å²) in [6, 6.07) is 9.29. The van der Waals surface area contributed by atoms with Crippen molar-refractivity contribution in [3.63, 3.8) is 0 Å². The molecule has 6 heteroatoms. The molecule has 0 unspecified atom stereocenters. The monoisotopic (exact) mass is 532 g/mol. The van der Waals surface area contributed by atoms with E-state index in [-0.39, 0.29) is 39.8 Å². The SMILES string of the molecule is CC(=O)O[C@H]1CC[C@@]2(C)[C@@H]3CC[C@@]4(C)[C@@H](OC(=O)c5ccccc5)CC[C@@H]4[C@@H]3C[C@H](Br)[C@@]2(O)C1. The summed E-state index contributed by atoms with van der Waals surface area (Å²) < 4.78 is 11.7. The Kier molecular flexibility index (Phi) is 6.16. The van der Waals surface area contributed by atoms with Gasteiger partial charge in [0.25, 0.3) is 0 Å². The second kappa shape index (κ2) is 8.62. The average Bonchev–Trinajstić information content (AvgIpc) is 3.12. The maximum Gasteiger partial charge on any atom is 0.338 e. The predicted octanol–water partition coefficient (Wildman–Crippen LogP) is 5.67. The molecule has 5 nitrogen and oxygen atoms in total. The van der Waals surface area contributed by atoms with Crippen molar-refractivity contribution in [3.05, 3.63) is 35.9 Å². The van der Waals surface area contributed by atoms with E-state index in [1.54, 1.807) is 0 Å². The summed E-state index contributed by atoms with van der Waals surface area (Å²) in [5.41, 5.74) is -0.526. The molecule has 0 bridgehead atoms. The number of fused-ring (bicyclic) bond motifs is 5. The van der Waals surface area contributed by atoms with Crippen LogP contribution < -0.4 is 0 Å². The number of hydrogen-bond acceptors (Lipinski definition) is 5. The lowest BCUT2D eigenvalue weighted by Crippen LogP contribution is -2.67.